The lowest BCUT2D eigenvalue weighted by Gasteiger charge is -2.12. The molecule has 0 unspecified atom stereocenters. The molecule has 0 saturated heterocycles. The fourth-order valence-electron chi connectivity index (χ4n) is 2.48. The van der Waals surface area contributed by atoms with Gasteiger partial charge in [0.1, 0.15) is 0 Å². The molecule has 5 nitrogen and oxygen atoms in total. The van der Waals surface area contributed by atoms with Crippen LogP contribution in [-0.4, -0.2) is 43.0 Å². The Kier molecular flexibility index (Phi) is 10.9. The van der Waals surface area contributed by atoms with Crippen LogP contribution in [0.3, 0.4) is 0 Å². The number of hydrogen-bond acceptors (Lipinski definition) is 3. The highest BCUT2D eigenvalue weighted by Crippen LogP contribution is 2.07. The van der Waals surface area contributed by atoms with Crippen molar-refractivity contribution in [2.75, 3.05) is 27.2 Å². The molecule has 2 rings (SSSR count). The van der Waals surface area contributed by atoms with Crippen molar-refractivity contribution in [3.8, 4) is 0 Å². The molecule has 0 saturated carbocycles. The third kappa shape index (κ3) is 8.62. The maximum absolute atomic E-state index is 4.67. The molecule has 0 atom stereocenters. The van der Waals surface area contributed by atoms with E-state index in [0.29, 0.717) is 6.54 Å². The second-order valence-electron chi connectivity index (χ2n) is 6.25. The minimum absolute atomic E-state index is 0. The van der Waals surface area contributed by atoms with Gasteiger partial charge in [0.05, 0.1) is 6.54 Å². The molecule has 1 aromatic heterocycles. The number of rotatable bonds is 8. The first-order valence-corrected chi connectivity index (χ1v) is 8.82. The summed E-state index contributed by atoms with van der Waals surface area (Å²) in [5.74, 6) is 0.843. The molecular formula is C20H30IN5. The van der Waals surface area contributed by atoms with Gasteiger partial charge in [0.2, 0.25) is 0 Å². The van der Waals surface area contributed by atoms with Crippen molar-refractivity contribution in [2.45, 2.75) is 26.4 Å². The quantitative estimate of drug-likeness (QED) is 0.356. The van der Waals surface area contributed by atoms with Crippen LogP contribution in [0.25, 0.3) is 0 Å². The highest BCUT2D eigenvalue weighted by molar-refractivity contribution is 14.0. The molecule has 0 spiro atoms. The summed E-state index contributed by atoms with van der Waals surface area (Å²) >= 11 is 0. The minimum atomic E-state index is 0. The summed E-state index contributed by atoms with van der Waals surface area (Å²) in [5, 5.41) is 6.66. The molecule has 6 heteroatoms. The molecule has 142 valence electrons. The lowest BCUT2D eigenvalue weighted by Crippen LogP contribution is -2.38. The summed E-state index contributed by atoms with van der Waals surface area (Å²) < 4.78 is 0. The van der Waals surface area contributed by atoms with Gasteiger partial charge in [-0.25, -0.2) is 4.99 Å². The van der Waals surface area contributed by atoms with Gasteiger partial charge >= 0.3 is 0 Å². The van der Waals surface area contributed by atoms with Crippen molar-refractivity contribution >= 4 is 29.9 Å². The Labute approximate surface area is 174 Å². The lowest BCUT2D eigenvalue weighted by atomic mass is 10.1. The number of benzene rings is 1. The van der Waals surface area contributed by atoms with Gasteiger partial charge in [-0.15, -0.1) is 24.0 Å². The number of aromatic nitrogens is 1. The van der Waals surface area contributed by atoms with E-state index in [0.717, 1.165) is 37.7 Å². The van der Waals surface area contributed by atoms with E-state index in [4.69, 9.17) is 0 Å². The van der Waals surface area contributed by atoms with Gasteiger partial charge in [-0.3, -0.25) is 4.98 Å². The average Bonchev–Trinajstić information content (AvgIpc) is 2.61. The zero-order valence-electron chi connectivity index (χ0n) is 15.9. The van der Waals surface area contributed by atoms with Crippen LogP contribution < -0.4 is 10.6 Å². The topological polar surface area (TPSA) is 52.6 Å². The molecule has 0 aliphatic heterocycles. The van der Waals surface area contributed by atoms with Crippen LogP contribution in [0.4, 0.5) is 0 Å². The van der Waals surface area contributed by atoms with E-state index in [1.807, 2.05) is 24.4 Å². The van der Waals surface area contributed by atoms with Gasteiger partial charge in [0, 0.05) is 37.9 Å². The van der Waals surface area contributed by atoms with E-state index >= 15 is 0 Å². The van der Waals surface area contributed by atoms with Crippen LogP contribution >= 0.6 is 24.0 Å². The number of pyridine rings is 1. The molecule has 0 aliphatic carbocycles. The third-order valence-corrected chi connectivity index (χ3v) is 3.69. The first kappa shape index (κ1) is 22.4. The number of nitrogens with zero attached hydrogens (tertiary/aromatic N) is 3. The zero-order chi connectivity index (χ0) is 17.9. The van der Waals surface area contributed by atoms with Gasteiger partial charge in [-0.1, -0.05) is 30.3 Å². The van der Waals surface area contributed by atoms with Gasteiger partial charge in [-0.05, 0) is 44.3 Å². The summed E-state index contributed by atoms with van der Waals surface area (Å²) in [5.41, 5.74) is 3.62. The molecule has 0 amide bonds. The number of nitrogens with one attached hydrogen (secondary N) is 2. The fraction of sp³-hybridized carbons (Fsp3) is 0.400. The first-order chi connectivity index (χ1) is 12.2. The number of aliphatic imine (C=N–C) groups is 1. The summed E-state index contributed by atoms with van der Waals surface area (Å²) in [7, 11) is 4.16. The molecule has 0 fully saturated rings. The fourth-order valence-corrected chi connectivity index (χ4v) is 2.48. The second-order valence-corrected chi connectivity index (χ2v) is 6.25. The third-order valence-electron chi connectivity index (χ3n) is 3.69. The maximum atomic E-state index is 4.67. The Bertz CT molecular complexity index is 641. The van der Waals surface area contributed by atoms with E-state index in [-0.39, 0.29) is 24.0 Å². The summed E-state index contributed by atoms with van der Waals surface area (Å²) in [6.07, 6.45) is 2.71. The van der Waals surface area contributed by atoms with Crippen molar-refractivity contribution in [3.63, 3.8) is 0 Å². The Morgan fingerprint density at radius 3 is 2.38 bits per heavy atom. The average molecular weight is 467 g/mol. The van der Waals surface area contributed by atoms with Crippen molar-refractivity contribution in [2.24, 2.45) is 4.99 Å². The Morgan fingerprint density at radius 2 is 1.77 bits per heavy atom. The van der Waals surface area contributed by atoms with E-state index in [1.165, 1.54) is 11.1 Å². The molecular weight excluding hydrogens is 437 g/mol. The van der Waals surface area contributed by atoms with E-state index < -0.39 is 0 Å². The van der Waals surface area contributed by atoms with Gasteiger partial charge in [0.15, 0.2) is 5.96 Å². The van der Waals surface area contributed by atoms with Crippen molar-refractivity contribution in [3.05, 3.63) is 65.5 Å². The largest absolute Gasteiger partial charge is 0.357 e. The molecule has 0 bridgehead atoms. The van der Waals surface area contributed by atoms with Crippen LogP contribution in [0.1, 0.15) is 23.7 Å². The Balaban J connectivity index is 0.00000338. The standard InChI is InChI=1S/C20H29N5.HI/c1-4-21-20(23-14-12-19-7-5-6-13-22-19)24-15-17-8-10-18(11-9-17)16-25(2)3;/h5-11,13H,4,12,14-16H2,1-3H3,(H2,21,23,24);1H. The van der Waals surface area contributed by atoms with Crippen molar-refractivity contribution < 1.29 is 0 Å². The molecule has 0 radical (unpaired) electrons. The van der Waals surface area contributed by atoms with Crippen LogP contribution in [0.2, 0.25) is 0 Å². The monoisotopic (exact) mass is 467 g/mol. The summed E-state index contributed by atoms with van der Waals surface area (Å²) in [4.78, 5) is 11.2. The number of guanidine groups is 1. The molecule has 0 aliphatic rings. The summed E-state index contributed by atoms with van der Waals surface area (Å²) in [6, 6.07) is 14.6. The Morgan fingerprint density at radius 1 is 1.04 bits per heavy atom. The van der Waals surface area contributed by atoms with Gasteiger partial charge in [-0.2, -0.15) is 0 Å². The van der Waals surface area contributed by atoms with Gasteiger partial charge in [0.25, 0.3) is 0 Å². The normalized spacial score (nSPS) is 11.2. The second kappa shape index (κ2) is 12.6. The highest BCUT2D eigenvalue weighted by Gasteiger charge is 2.00. The first-order valence-electron chi connectivity index (χ1n) is 8.82. The van der Waals surface area contributed by atoms with E-state index in [9.17, 15) is 0 Å². The molecule has 2 aromatic rings. The predicted molar refractivity (Wildman–Crippen MR) is 120 cm³/mol. The van der Waals surface area contributed by atoms with Crippen molar-refractivity contribution in [1.29, 1.82) is 0 Å². The van der Waals surface area contributed by atoms with Crippen LogP contribution in [0.5, 0.6) is 0 Å². The summed E-state index contributed by atoms with van der Waals surface area (Å²) in [6.45, 7) is 5.36. The maximum Gasteiger partial charge on any atom is 0.191 e. The smallest absolute Gasteiger partial charge is 0.191 e. The number of hydrogen-bond donors (Lipinski definition) is 2. The SMILES string of the molecule is CCNC(=NCc1ccc(CN(C)C)cc1)NCCc1ccccn1.I. The van der Waals surface area contributed by atoms with E-state index in [2.05, 4.69) is 70.8 Å². The molecule has 1 heterocycles. The lowest BCUT2D eigenvalue weighted by molar-refractivity contribution is 0.402. The number of halogens is 1. The highest BCUT2D eigenvalue weighted by atomic mass is 127. The van der Waals surface area contributed by atoms with Crippen molar-refractivity contribution in [1.82, 2.24) is 20.5 Å². The van der Waals surface area contributed by atoms with Gasteiger partial charge < -0.3 is 15.5 Å². The zero-order valence-corrected chi connectivity index (χ0v) is 18.2. The van der Waals surface area contributed by atoms with Crippen LogP contribution in [-0.2, 0) is 19.5 Å². The molecule has 1 aromatic carbocycles. The van der Waals surface area contributed by atoms with Crippen LogP contribution in [0, 0.1) is 0 Å². The molecule has 2 N–H and O–H groups in total. The van der Waals surface area contributed by atoms with Crippen LogP contribution in [0.15, 0.2) is 53.7 Å². The minimum Gasteiger partial charge on any atom is -0.357 e. The molecule has 26 heavy (non-hydrogen) atoms. The predicted octanol–water partition coefficient (Wildman–Crippen LogP) is 3.06. The van der Waals surface area contributed by atoms with E-state index in [1.54, 1.807) is 0 Å². The Hall–Kier alpha value is -1.67.